The number of nitrogens with one attached hydrogen (secondary N) is 1. The predicted molar refractivity (Wildman–Crippen MR) is 87.4 cm³/mol. The number of piperazine rings is 1. The molecule has 0 saturated carbocycles. The van der Waals surface area contributed by atoms with Crippen molar-refractivity contribution in [2.45, 2.75) is 19.5 Å². The Labute approximate surface area is 129 Å². The zero-order valence-corrected chi connectivity index (χ0v) is 13.5. The van der Waals surface area contributed by atoms with E-state index in [1.54, 1.807) is 7.11 Å². The zero-order valence-electron chi connectivity index (χ0n) is 13.5. The van der Waals surface area contributed by atoms with E-state index in [0.29, 0.717) is 0 Å². The summed E-state index contributed by atoms with van der Waals surface area (Å²) in [5.74, 6) is 0. The fourth-order valence-electron chi connectivity index (χ4n) is 2.60. The summed E-state index contributed by atoms with van der Waals surface area (Å²) in [7, 11) is 3.95. The van der Waals surface area contributed by atoms with E-state index in [2.05, 4.69) is 46.4 Å². The highest BCUT2D eigenvalue weighted by atomic mass is 16.5. The van der Waals surface area contributed by atoms with Gasteiger partial charge < -0.3 is 15.0 Å². The first-order valence-electron chi connectivity index (χ1n) is 7.96. The van der Waals surface area contributed by atoms with Gasteiger partial charge in [0, 0.05) is 53.0 Å². The highest BCUT2D eigenvalue weighted by molar-refractivity contribution is 5.22. The maximum Gasteiger partial charge on any atom is 0.0474 e. The molecule has 1 fully saturated rings. The molecule has 2 rings (SSSR count). The topological polar surface area (TPSA) is 27.7 Å². The first kappa shape index (κ1) is 16.4. The van der Waals surface area contributed by atoms with Gasteiger partial charge in [0.1, 0.15) is 0 Å². The lowest BCUT2D eigenvalue weighted by molar-refractivity contribution is 0.148. The van der Waals surface area contributed by atoms with Crippen molar-refractivity contribution in [2.24, 2.45) is 0 Å². The molecule has 1 aromatic carbocycles. The van der Waals surface area contributed by atoms with E-state index in [1.807, 2.05) is 0 Å². The lowest BCUT2D eigenvalue weighted by atomic mass is 10.1. The van der Waals surface area contributed by atoms with Gasteiger partial charge in [0.2, 0.25) is 0 Å². The Morgan fingerprint density at radius 1 is 1.05 bits per heavy atom. The first-order valence-corrected chi connectivity index (χ1v) is 7.96. The maximum atomic E-state index is 5.04. The molecule has 0 aromatic heterocycles. The fraction of sp³-hybridized carbons (Fsp3) is 0.647. The molecule has 118 valence electrons. The SMILES string of the molecule is COCCCNCc1ccc(CN2CCN(C)CC2)cc1. The van der Waals surface area contributed by atoms with Crippen LogP contribution in [0.3, 0.4) is 0 Å². The number of rotatable bonds is 8. The summed E-state index contributed by atoms with van der Waals surface area (Å²) in [5, 5.41) is 3.45. The highest BCUT2D eigenvalue weighted by Gasteiger charge is 2.13. The molecule has 0 radical (unpaired) electrons. The van der Waals surface area contributed by atoms with E-state index in [-0.39, 0.29) is 0 Å². The molecule has 4 nitrogen and oxygen atoms in total. The van der Waals surface area contributed by atoms with Crippen LogP contribution in [-0.4, -0.2) is 63.3 Å². The Morgan fingerprint density at radius 3 is 2.38 bits per heavy atom. The van der Waals surface area contributed by atoms with Crippen molar-refractivity contribution >= 4 is 0 Å². The van der Waals surface area contributed by atoms with Gasteiger partial charge in [-0.3, -0.25) is 4.90 Å². The summed E-state index contributed by atoms with van der Waals surface area (Å²) < 4.78 is 5.04. The fourth-order valence-corrected chi connectivity index (χ4v) is 2.60. The Bertz CT molecular complexity index is 386. The van der Waals surface area contributed by atoms with Crippen molar-refractivity contribution in [3.05, 3.63) is 35.4 Å². The third-order valence-corrected chi connectivity index (χ3v) is 4.06. The second-order valence-electron chi connectivity index (χ2n) is 5.92. The van der Waals surface area contributed by atoms with E-state index in [0.717, 1.165) is 32.7 Å². The maximum absolute atomic E-state index is 5.04. The highest BCUT2D eigenvalue weighted by Crippen LogP contribution is 2.09. The van der Waals surface area contributed by atoms with Crippen LogP contribution in [0.25, 0.3) is 0 Å². The Morgan fingerprint density at radius 2 is 1.71 bits per heavy atom. The minimum atomic E-state index is 0.830. The van der Waals surface area contributed by atoms with E-state index < -0.39 is 0 Å². The summed E-state index contributed by atoms with van der Waals surface area (Å²) >= 11 is 0. The minimum Gasteiger partial charge on any atom is -0.385 e. The predicted octanol–water partition coefficient (Wildman–Crippen LogP) is 1.56. The number of hydrogen-bond donors (Lipinski definition) is 1. The summed E-state index contributed by atoms with van der Waals surface area (Å²) in [6.45, 7) is 8.59. The van der Waals surface area contributed by atoms with Crippen molar-refractivity contribution < 1.29 is 4.74 Å². The van der Waals surface area contributed by atoms with E-state index in [1.165, 1.54) is 37.3 Å². The van der Waals surface area contributed by atoms with Crippen molar-refractivity contribution in [1.29, 1.82) is 0 Å². The van der Waals surface area contributed by atoms with Crippen LogP contribution in [0.15, 0.2) is 24.3 Å². The molecule has 1 aliphatic rings. The second-order valence-corrected chi connectivity index (χ2v) is 5.92. The number of ether oxygens (including phenoxy) is 1. The average molecular weight is 291 g/mol. The van der Waals surface area contributed by atoms with Crippen molar-refractivity contribution in [3.63, 3.8) is 0 Å². The summed E-state index contributed by atoms with van der Waals surface area (Å²) in [6.07, 6.45) is 1.07. The molecule has 0 unspecified atom stereocenters. The molecule has 0 aliphatic carbocycles. The molecule has 1 aliphatic heterocycles. The molecule has 1 heterocycles. The molecule has 1 N–H and O–H groups in total. The zero-order chi connectivity index (χ0) is 14.9. The van der Waals surface area contributed by atoms with Gasteiger partial charge in [0.15, 0.2) is 0 Å². The van der Waals surface area contributed by atoms with Gasteiger partial charge in [-0.25, -0.2) is 0 Å². The van der Waals surface area contributed by atoms with Crippen LogP contribution in [0, 0.1) is 0 Å². The number of hydrogen-bond acceptors (Lipinski definition) is 4. The first-order chi connectivity index (χ1) is 10.3. The molecule has 0 atom stereocenters. The Kier molecular flexibility index (Phi) is 7.16. The van der Waals surface area contributed by atoms with Crippen LogP contribution < -0.4 is 5.32 Å². The van der Waals surface area contributed by atoms with Crippen LogP contribution in [0.5, 0.6) is 0 Å². The van der Waals surface area contributed by atoms with Gasteiger partial charge in [-0.1, -0.05) is 24.3 Å². The monoisotopic (exact) mass is 291 g/mol. The molecule has 0 spiro atoms. The van der Waals surface area contributed by atoms with Gasteiger partial charge in [-0.15, -0.1) is 0 Å². The van der Waals surface area contributed by atoms with Gasteiger partial charge in [-0.05, 0) is 31.1 Å². The largest absolute Gasteiger partial charge is 0.385 e. The van der Waals surface area contributed by atoms with Crippen molar-refractivity contribution in [3.8, 4) is 0 Å². The van der Waals surface area contributed by atoms with Gasteiger partial charge >= 0.3 is 0 Å². The summed E-state index contributed by atoms with van der Waals surface area (Å²) in [6, 6.07) is 9.03. The number of benzene rings is 1. The third-order valence-electron chi connectivity index (χ3n) is 4.06. The second kappa shape index (κ2) is 9.15. The molecule has 1 aromatic rings. The standard InChI is InChI=1S/C17H29N3O/c1-19-9-11-20(12-10-19)15-17-6-4-16(5-7-17)14-18-8-3-13-21-2/h4-7,18H,3,8-15H2,1-2H3. The Balaban J connectivity index is 1.69. The van der Waals surface area contributed by atoms with Gasteiger partial charge in [-0.2, -0.15) is 0 Å². The van der Waals surface area contributed by atoms with Crippen LogP contribution in [0.4, 0.5) is 0 Å². The molecule has 1 saturated heterocycles. The third kappa shape index (κ3) is 6.14. The number of likely N-dealkylation sites (N-methyl/N-ethyl adjacent to an activating group) is 1. The summed E-state index contributed by atoms with van der Waals surface area (Å²) in [5.41, 5.74) is 2.78. The van der Waals surface area contributed by atoms with Crippen molar-refractivity contribution in [2.75, 3.05) is 53.5 Å². The quantitative estimate of drug-likeness (QED) is 0.736. The van der Waals surface area contributed by atoms with Crippen LogP contribution in [-0.2, 0) is 17.8 Å². The number of methoxy groups -OCH3 is 1. The average Bonchev–Trinajstić information content (AvgIpc) is 2.51. The van der Waals surface area contributed by atoms with E-state index in [9.17, 15) is 0 Å². The molecule has 0 amide bonds. The molecular formula is C17H29N3O. The summed E-state index contributed by atoms with van der Waals surface area (Å²) in [4.78, 5) is 4.94. The molecular weight excluding hydrogens is 262 g/mol. The lowest BCUT2D eigenvalue weighted by Gasteiger charge is -2.32. The smallest absolute Gasteiger partial charge is 0.0474 e. The molecule has 0 bridgehead atoms. The van der Waals surface area contributed by atoms with Crippen LogP contribution >= 0.6 is 0 Å². The van der Waals surface area contributed by atoms with Gasteiger partial charge in [0.05, 0.1) is 0 Å². The van der Waals surface area contributed by atoms with Crippen LogP contribution in [0.1, 0.15) is 17.5 Å². The van der Waals surface area contributed by atoms with Gasteiger partial charge in [0.25, 0.3) is 0 Å². The van der Waals surface area contributed by atoms with Crippen molar-refractivity contribution in [1.82, 2.24) is 15.1 Å². The van der Waals surface area contributed by atoms with E-state index in [4.69, 9.17) is 4.74 Å². The number of nitrogens with zero attached hydrogens (tertiary/aromatic N) is 2. The minimum absolute atomic E-state index is 0.830. The lowest BCUT2D eigenvalue weighted by Crippen LogP contribution is -2.43. The Hall–Kier alpha value is -0.940. The van der Waals surface area contributed by atoms with Crippen LogP contribution in [0.2, 0.25) is 0 Å². The van der Waals surface area contributed by atoms with E-state index >= 15 is 0 Å². The normalized spacial score (nSPS) is 17.2. The molecule has 4 heteroatoms. The molecule has 21 heavy (non-hydrogen) atoms.